The van der Waals surface area contributed by atoms with Crippen LogP contribution in [-0.2, 0) is 21.8 Å². The average molecular weight is 355 g/mol. The number of aliphatic imine (C=N–C) groups is 1. The molecule has 0 aliphatic heterocycles. The monoisotopic (exact) mass is 355 g/mol. The van der Waals surface area contributed by atoms with E-state index in [0.29, 0.717) is 18.9 Å². The number of guanidine groups is 1. The zero-order valence-corrected chi connectivity index (χ0v) is 15.3. The molecular weight excluding hydrogens is 329 g/mol. The highest BCUT2D eigenvalue weighted by Crippen LogP contribution is 2.16. The number of nitrogens with zero attached hydrogens (tertiary/aromatic N) is 1. The van der Waals surface area contributed by atoms with Crippen molar-refractivity contribution in [1.29, 1.82) is 0 Å². The molecular formula is C17H26FN3O2S. The fourth-order valence-corrected chi connectivity index (χ4v) is 2.74. The van der Waals surface area contributed by atoms with Crippen LogP contribution in [0.3, 0.4) is 0 Å². The van der Waals surface area contributed by atoms with E-state index in [4.69, 9.17) is 0 Å². The third-order valence-corrected chi connectivity index (χ3v) is 4.07. The van der Waals surface area contributed by atoms with Gasteiger partial charge in [0.25, 0.3) is 0 Å². The summed E-state index contributed by atoms with van der Waals surface area (Å²) in [5, 5.41) is 6.43. The Labute approximate surface area is 147 Å². The van der Waals surface area contributed by atoms with Gasteiger partial charge in [-0.3, -0.25) is 9.79 Å². The van der Waals surface area contributed by atoms with Gasteiger partial charge in [-0.25, -0.2) is 4.39 Å². The van der Waals surface area contributed by atoms with E-state index < -0.39 is 0 Å². The number of rotatable bonds is 9. The zero-order valence-electron chi connectivity index (χ0n) is 14.5. The lowest BCUT2D eigenvalue weighted by molar-refractivity contribution is -0.140. The van der Waals surface area contributed by atoms with Crippen LogP contribution in [0.4, 0.5) is 4.39 Å². The SMILES string of the molecule is CN=C(NCCCCC(=O)OC)NCc1ccc(F)cc1CSC. The number of hydrogen-bond donors (Lipinski definition) is 2. The number of halogens is 1. The lowest BCUT2D eigenvalue weighted by Gasteiger charge is -2.14. The predicted molar refractivity (Wildman–Crippen MR) is 97.7 cm³/mol. The number of carbonyl (C=O) groups excluding carboxylic acids is 1. The van der Waals surface area contributed by atoms with Crippen LogP contribution >= 0.6 is 11.8 Å². The highest BCUT2D eigenvalue weighted by Gasteiger charge is 2.05. The molecule has 0 heterocycles. The highest BCUT2D eigenvalue weighted by atomic mass is 32.2. The first kappa shape index (κ1) is 20.3. The second-order valence-electron chi connectivity index (χ2n) is 5.23. The molecule has 0 aliphatic carbocycles. The Morgan fingerprint density at radius 1 is 1.29 bits per heavy atom. The topological polar surface area (TPSA) is 62.7 Å². The lowest BCUT2D eigenvalue weighted by Crippen LogP contribution is -2.37. The zero-order chi connectivity index (χ0) is 17.8. The quantitative estimate of drug-likeness (QED) is 0.309. The van der Waals surface area contributed by atoms with Gasteiger partial charge in [0.15, 0.2) is 5.96 Å². The van der Waals surface area contributed by atoms with Crippen LogP contribution in [0.1, 0.15) is 30.4 Å². The van der Waals surface area contributed by atoms with E-state index in [1.165, 1.54) is 13.2 Å². The maximum absolute atomic E-state index is 13.4. The Hall–Kier alpha value is -1.76. The smallest absolute Gasteiger partial charge is 0.305 e. The summed E-state index contributed by atoms with van der Waals surface area (Å²) in [6.45, 7) is 1.30. The van der Waals surface area contributed by atoms with Gasteiger partial charge >= 0.3 is 5.97 Å². The van der Waals surface area contributed by atoms with Crippen molar-refractivity contribution in [2.45, 2.75) is 31.6 Å². The molecule has 0 saturated carbocycles. The van der Waals surface area contributed by atoms with Gasteiger partial charge < -0.3 is 15.4 Å². The van der Waals surface area contributed by atoms with Gasteiger partial charge in [-0.1, -0.05) is 6.07 Å². The number of unbranched alkanes of at least 4 members (excludes halogenated alkanes) is 1. The molecule has 0 saturated heterocycles. The van der Waals surface area contributed by atoms with Crippen LogP contribution in [0.2, 0.25) is 0 Å². The number of esters is 1. The van der Waals surface area contributed by atoms with E-state index in [0.717, 1.165) is 36.3 Å². The molecule has 0 fully saturated rings. The van der Waals surface area contributed by atoms with Crippen molar-refractivity contribution in [2.75, 3.05) is 27.0 Å². The summed E-state index contributed by atoms with van der Waals surface area (Å²) in [5.41, 5.74) is 2.04. The maximum atomic E-state index is 13.4. The van der Waals surface area contributed by atoms with E-state index in [1.54, 1.807) is 30.9 Å². The van der Waals surface area contributed by atoms with Gasteiger partial charge in [0.2, 0.25) is 0 Å². The van der Waals surface area contributed by atoms with Crippen molar-refractivity contribution in [3.8, 4) is 0 Å². The molecule has 0 atom stereocenters. The van der Waals surface area contributed by atoms with Gasteiger partial charge in [0.1, 0.15) is 5.82 Å². The van der Waals surface area contributed by atoms with E-state index in [1.807, 2.05) is 6.26 Å². The summed E-state index contributed by atoms with van der Waals surface area (Å²) in [6.07, 6.45) is 4.05. The molecule has 0 spiro atoms. The molecule has 0 amide bonds. The molecule has 5 nitrogen and oxygen atoms in total. The Bertz CT molecular complexity index is 553. The predicted octanol–water partition coefficient (Wildman–Crippen LogP) is 2.70. The normalized spacial score (nSPS) is 11.2. The molecule has 0 aliphatic rings. The van der Waals surface area contributed by atoms with Gasteiger partial charge in [-0.15, -0.1) is 0 Å². The van der Waals surface area contributed by atoms with Crippen molar-refractivity contribution in [1.82, 2.24) is 10.6 Å². The second-order valence-corrected chi connectivity index (χ2v) is 6.10. The van der Waals surface area contributed by atoms with Gasteiger partial charge in [-0.2, -0.15) is 11.8 Å². The van der Waals surface area contributed by atoms with E-state index in [-0.39, 0.29) is 11.8 Å². The van der Waals surface area contributed by atoms with Gasteiger partial charge in [-0.05, 0) is 42.4 Å². The summed E-state index contributed by atoms with van der Waals surface area (Å²) < 4.78 is 18.0. The average Bonchev–Trinajstić information content (AvgIpc) is 2.58. The minimum Gasteiger partial charge on any atom is -0.469 e. The highest BCUT2D eigenvalue weighted by molar-refractivity contribution is 7.97. The Morgan fingerprint density at radius 2 is 2.08 bits per heavy atom. The molecule has 0 bridgehead atoms. The summed E-state index contributed by atoms with van der Waals surface area (Å²) in [5.74, 6) is 1.06. The van der Waals surface area contributed by atoms with E-state index >= 15 is 0 Å². The number of ether oxygens (including phenoxy) is 1. The van der Waals surface area contributed by atoms with Crippen molar-refractivity contribution >= 4 is 23.7 Å². The molecule has 1 aromatic carbocycles. The number of benzene rings is 1. The molecule has 24 heavy (non-hydrogen) atoms. The lowest BCUT2D eigenvalue weighted by atomic mass is 10.1. The van der Waals surface area contributed by atoms with Crippen LogP contribution in [-0.4, -0.2) is 38.9 Å². The largest absolute Gasteiger partial charge is 0.469 e. The van der Waals surface area contributed by atoms with Crippen LogP contribution in [0, 0.1) is 5.82 Å². The van der Waals surface area contributed by atoms with Crippen molar-refractivity contribution in [2.24, 2.45) is 4.99 Å². The number of thioether (sulfide) groups is 1. The third kappa shape index (κ3) is 7.68. The first-order valence-corrected chi connectivity index (χ1v) is 9.27. The Kier molecular flexibility index (Phi) is 9.91. The van der Waals surface area contributed by atoms with Gasteiger partial charge in [0.05, 0.1) is 7.11 Å². The Morgan fingerprint density at radius 3 is 2.75 bits per heavy atom. The molecule has 0 aromatic heterocycles. The minimum atomic E-state index is -0.212. The summed E-state index contributed by atoms with van der Waals surface area (Å²) in [6, 6.07) is 4.86. The Balaban J connectivity index is 2.40. The molecule has 0 radical (unpaired) electrons. The van der Waals surface area contributed by atoms with Crippen LogP contribution < -0.4 is 10.6 Å². The fraction of sp³-hybridized carbons (Fsp3) is 0.529. The summed E-state index contributed by atoms with van der Waals surface area (Å²) >= 11 is 1.66. The first-order chi connectivity index (χ1) is 11.6. The molecule has 2 N–H and O–H groups in total. The van der Waals surface area contributed by atoms with E-state index in [9.17, 15) is 9.18 Å². The number of carbonyl (C=O) groups is 1. The number of methoxy groups -OCH3 is 1. The van der Waals surface area contributed by atoms with Crippen molar-refractivity contribution in [3.63, 3.8) is 0 Å². The third-order valence-electron chi connectivity index (χ3n) is 3.47. The molecule has 7 heteroatoms. The van der Waals surface area contributed by atoms with Crippen LogP contribution in [0.5, 0.6) is 0 Å². The van der Waals surface area contributed by atoms with Crippen molar-refractivity contribution in [3.05, 3.63) is 35.1 Å². The molecule has 1 aromatic rings. The summed E-state index contributed by atoms with van der Waals surface area (Å²) in [7, 11) is 3.10. The van der Waals surface area contributed by atoms with Gasteiger partial charge in [0, 0.05) is 32.3 Å². The minimum absolute atomic E-state index is 0.185. The van der Waals surface area contributed by atoms with Crippen LogP contribution in [0.15, 0.2) is 23.2 Å². The molecule has 134 valence electrons. The summed E-state index contributed by atoms with van der Waals surface area (Å²) in [4.78, 5) is 15.2. The first-order valence-electron chi connectivity index (χ1n) is 7.88. The molecule has 0 unspecified atom stereocenters. The van der Waals surface area contributed by atoms with Crippen LogP contribution in [0.25, 0.3) is 0 Å². The maximum Gasteiger partial charge on any atom is 0.305 e. The molecule has 1 rings (SSSR count). The standard InChI is InChI=1S/C17H26FN3O2S/c1-19-17(20-9-5-4-6-16(22)23-2)21-11-13-7-8-15(18)10-14(13)12-24-3/h7-8,10H,4-6,9,11-12H2,1-3H3,(H2,19,20,21). The van der Waals surface area contributed by atoms with E-state index in [2.05, 4.69) is 20.4 Å². The number of nitrogens with one attached hydrogen (secondary N) is 2. The fourth-order valence-electron chi connectivity index (χ4n) is 2.16. The second kappa shape index (κ2) is 11.7. The number of hydrogen-bond acceptors (Lipinski definition) is 4. The van der Waals surface area contributed by atoms with Crippen molar-refractivity contribution < 1.29 is 13.9 Å².